The molecule has 1 atom stereocenters. The third kappa shape index (κ3) is 3.79. The largest absolute Gasteiger partial charge is 0.463 e. The number of halogens is 1. The molecule has 7 nitrogen and oxygen atoms in total. The zero-order chi connectivity index (χ0) is 19.6. The van der Waals surface area contributed by atoms with Gasteiger partial charge in [0.1, 0.15) is 29.2 Å². The maximum Gasteiger partial charge on any atom is 0.259 e. The molecule has 2 aromatic carbocycles. The lowest BCUT2D eigenvalue weighted by atomic mass is 10.1. The van der Waals surface area contributed by atoms with E-state index in [1.165, 1.54) is 13.0 Å². The molecule has 138 valence electrons. The molecule has 0 aliphatic heterocycles. The summed E-state index contributed by atoms with van der Waals surface area (Å²) in [6, 6.07) is 9.72. The summed E-state index contributed by atoms with van der Waals surface area (Å²) in [5.74, 6) is -2.11. The first kappa shape index (κ1) is 18.1. The number of amides is 2. The zero-order valence-corrected chi connectivity index (χ0v) is 14.2. The summed E-state index contributed by atoms with van der Waals surface area (Å²) in [5.41, 5.74) is 4.01. The van der Waals surface area contributed by atoms with Crippen LogP contribution in [0, 0.1) is 5.82 Å². The number of benzene rings is 2. The highest BCUT2D eigenvalue weighted by molar-refractivity contribution is 5.99. The van der Waals surface area contributed by atoms with Gasteiger partial charge in [0.2, 0.25) is 11.3 Å². The standard InChI is InChI=1S/C19H15FN2O5/c1-10(18(21)24)22-19(25)13-9-26-15-8-16(14(20)7-12(15)17(13)23)27-11-5-3-2-4-6-11/h2-10H,1H3,(H2,21,24)(H,22,25)/t10-/m0/s1. The molecule has 0 fully saturated rings. The van der Waals surface area contributed by atoms with Gasteiger partial charge in [-0.1, -0.05) is 18.2 Å². The van der Waals surface area contributed by atoms with E-state index in [9.17, 15) is 18.8 Å². The van der Waals surface area contributed by atoms with E-state index >= 15 is 0 Å². The molecular formula is C19H15FN2O5. The second-order valence-electron chi connectivity index (χ2n) is 5.77. The predicted octanol–water partition coefficient (Wildman–Crippen LogP) is 2.33. The van der Waals surface area contributed by atoms with E-state index in [0.717, 1.165) is 12.3 Å². The fourth-order valence-electron chi connectivity index (χ4n) is 2.33. The molecule has 3 rings (SSSR count). The molecule has 0 unspecified atom stereocenters. The highest BCUT2D eigenvalue weighted by Crippen LogP contribution is 2.28. The maximum atomic E-state index is 14.4. The van der Waals surface area contributed by atoms with Gasteiger partial charge in [-0.2, -0.15) is 0 Å². The Morgan fingerprint density at radius 1 is 1.22 bits per heavy atom. The van der Waals surface area contributed by atoms with Crippen molar-refractivity contribution >= 4 is 22.8 Å². The molecule has 3 aromatic rings. The van der Waals surface area contributed by atoms with E-state index in [0.29, 0.717) is 5.75 Å². The summed E-state index contributed by atoms with van der Waals surface area (Å²) < 4.78 is 25.1. The predicted molar refractivity (Wildman–Crippen MR) is 95.1 cm³/mol. The summed E-state index contributed by atoms with van der Waals surface area (Å²) >= 11 is 0. The molecule has 0 saturated heterocycles. The number of para-hydroxylation sites is 1. The van der Waals surface area contributed by atoms with Gasteiger partial charge in [0.25, 0.3) is 5.91 Å². The molecule has 8 heteroatoms. The normalized spacial score (nSPS) is 11.8. The van der Waals surface area contributed by atoms with Crippen LogP contribution < -0.4 is 21.2 Å². The molecule has 0 spiro atoms. The van der Waals surface area contributed by atoms with Crippen LogP contribution in [0.3, 0.4) is 0 Å². The van der Waals surface area contributed by atoms with E-state index in [1.54, 1.807) is 30.3 Å². The van der Waals surface area contributed by atoms with Crippen LogP contribution in [0.15, 0.2) is 57.9 Å². The third-order valence-corrected chi connectivity index (χ3v) is 3.82. The lowest BCUT2D eigenvalue weighted by Gasteiger charge is -2.10. The Bertz CT molecular complexity index is 1080. The van der Waals surface area contributed by atoms with Crippen LogP contribution >= 0.6 is 0 Å². The zero-order valence-electron chi connectivity index (χ0n) is 14.2. The van der Waals surface area contributed by atoms with E-state index in [-0.39, 0.29) is 22.3 Å². The summed E-state index contributed by atoms with van der Waals surface area (Å²) in [6.07, 6.45) is 0.942. The summed E-state index contributed by atoms with van der Waals surface area (Å²) in [7, 11) is 0. The van der Waals surface area contributed by atoms with Crippen LogP contribution in [0.4, 0.5) is 4.39 Å². The van der Waals surface area contributed by atoms with Crippen molar-refractivity contribution < 1.29 is 23.1 Å². The first-order valence-corrected chi connectivity index (χ1v) is 7.95. The van der Waals surface area contributed by atoms with E-state index < -0.39 is 29.1 Å². The minimum absolute atomic E-state index is 0.0480. The van der Waals surface area contributed by atoms with Crippen LogP contribution in [0.1, 0.15) is 17.3 Å². The van der Waals surface area contributed by atoms with E-state index in [4.69, 9.17) is 14.9 Å². The molecule has 27 heavy (non-hydrogen) atoms. The van der Waals surface area contributed by atoms with Crippen molar-refractivity contribution in [2.45, 2.75) is 13.0 Å². The van der Waals surface area contributed by atoms with Crippen molar-refractivity contribution in [1.29, 1.82) is 0 Å². The van der Waals surface area contributed by atoms with Crippen LogP contribution in [0.25, 0.3) is 11.0 Å². The van der Waals surface area contributed by atoms with Crippen LogP contribution in [-0.2, 0) is 4.79 Å². The Balaban J connectivity index is 1.97. The molecule has 0 bridgehead atoms. The summed E-state index contributed by atoms with van der Waals surface area (Å²) in [6.45, 7) is 1.37. The van der Waals surface area contributed by atoms with Crippen molar-refractivity contribution in [3.05, 3.63) is 70.3 Å². The average molecular weight is 370 g/mol. The number of hydrogen-bond acceptors (Lipinski definition) is 5. The molecule has 0 radical (unpaired) electrons. The smallest absolute Gasteiger partial charge is 0.259 e. The first-order valence-electron chi connectivity index (χ1n) is 7.95. The molecule has 0 aliphatic rings. The van der Waals surface area contributed by atoms with Gasteiger partial charge in [0.15, 0.2) is 11.6 Å². The average Bonchev–Trinajstić information content (AvgIpc) is 2.64. The topological polar surface area (TPSA) is 112 Å². The van der Waals surface area contributed by atoms with Gasteiger partial charge in [-0.25, -0.2) is 4.39 Å². The number of rotatable bonds is 5. The Morgan fingerprint density at radius 3 is 2.59 bits per heavy atom. The molecule has 1 heterocycles. The molecule has 0 aliphatic carbocycles. The lowest BCUT2D eigenvalue weighted by Crippen LogP contribution is -2.43. The molecule has 1 aromatic heterocycles. The first-order chi connectivity index (χ1) is 12.9. The van der Waals surface area contributed by atoms with Gasteiger partial charge in [-0.3, -0.25) is 14.4 Å². The fraction of sp³-hybridized carbons (Fsp3) is 0.105. The van der Waals surface area contributed by atoms with Crippen molar-refractivity contribution in [3.63, 3.8) is 0 Å². The lowest BCUT2D eigenvalue weighted by molar-refractivity contribution is -0.119. The Labute approximate surface area is 152 Å². The SMILES string of the molecule is C[C@H](NC(=O)c1coc2cc(Oc3ccccc3)c(F)cc2c1=O)C(N)=O. The number of hydrogen-bond donors (Lipinski definition) is 2. The molecule has 2 amide bonds. The number of nitrogens with two attached hydrogens (primary N) is 1. The van der Waals surface area contributed by atoms with Gasteiger partial charge in [-0.15, -0.1) is 0 Å². The number of carbonyl (C=O) groups is 2. The minimum atomic E-state index is -0.981. The van der Waals surface area contributed by atoms with Crippen LogP contribution in [0.2, 0.25) is 0 Å². The van der Waals surface area contributed by atoms with Gasteiger partial charge in [0, 0.05) is 6.07 Å². The minimum Gasteiger partial charge on any atom is -0.463 e. The van der Waals surface area contributed by atoms with Crippen LogP contribution in [-0.4, -0.2) is 17.9 Å². The molecule has 0 saturated carbocycles. The third-order valence-electron chi connectivity index (χ3n) is 3.82. The second-order valence-corrected chi connectivity index (χ2v) is 5.77. The fourth-order valence-corrected chi connectivity index (χ4v) is 2.33. The monoisotopic (exact) mass is 370 g/mol. The Kier molecular flexibility index (Phi) is 4.89. The van der Waals surface area contributed by atoms with Gasteiger partial charge in [0.05, 0.1) is 5.39 Å². The highest BCUT2D eigenvalue weighted by atomic mass is 19.1. The number of carbonyl (C=O) groups excluding carboxylic acids is 2. The summed E-state index contributed by atoms with van der Waals surface area (Å²) in [5, 5.41) is 2.14. The second kappa shape index (κ2) is 7.28. The van der Waals surface area contributed by atoms with E-state index in [2.05, 4.69) is 5.32 Å². The molecular weight excluding hydrogens is 355 g/mol. The number of nitrogens with one attached hydrogen (secondary N) is 1. The number of ether oxygens (including phenoxy) is 1. The van der Waals surface area contributed by atoms with Gasteiger partial charge < -0.3 is 20.2 Å². The van der Waals surface area contributed by atoms with Crippen molar-refractivity contribution in [1.82, 2.24) is 5.32 Å². The molecule has 3 N–H and O–H groups in total. The van der Waals surface area contributed by atoms with Gasteiger partial charge >= 0.3 is 0 Å². The van der Waals surface area contributed by atoms with Gasteiger partial charge in [-0.05, 0) is 25.1 Å². The Hall–Kier alpha value is -3.68. The van der Waals surface area contributed by atoms with Crippen molar-refractivity contribution in [2.75, 3.05) is 0 Å². The quantitative estimate of drug-likeness (QED) is 0.716. The Morgan fingerprint density at radius 2 is 1.93 bits per heavy atom. The number of fused-ring (bicyclic) bond motifs is 1. The number of primary amides is 1. The van der Waals surface area contributed by atoms with Crippen molar-refractivity contribution in [3.8, 4) is 11.5 Å². The highest BCUT2D eigenvalue weighted by Gasteiger charge is 2.20. The van der Waals surface area contributed by atoms with E-state index in [1.807, 2.05) is 0 Å². The summed E-state index contributed by atoms with van der Waals surface area (Å²) in [4.78, 5) is 35.7. The van der Waals surface area contributed by atoms with Crippen molar-refractivity contribution in [2.24, 2.45) is 5.73 Å². The van der Waals surface area contributed by atoms with Crippen LogP contribution in [0.5, 0.6) is 11.5 Å². The maximum absolute atomic E-state index is 14.4.